The van der Waals surface area contributed by atoms with Crippen LogP contribution < -0.4 is 4.72 Å². The lowest BCUT2D eigenvalue weighted by atomic mass is 10.0. The van der Waals surface area contributed by atoms with Crippen molar-refractivity contribution in [2.75, 3.05) is 25.4 Å². The molecule has 0 aromatic rings. The normalized spacial score (nSPS) is 17.4. The smallest absolute Gasteiger partial charge is 0.410 e. The Bertz CT molecular complexity index is 378. The maximum absolute atomic E-state index is 11.5. The Kier molecular flexibility index (Phi) is 4.37. The maximum Gasteiger partial charge on any atom is 0.410 e. The molecule has 0 bridgehead atoms. The first kappa shape index (κ1) is 14.2. The van der Waals surface area contributed by atoms with Crippen LogP contribution in [-0.2, 0) is 14.8 Å². The summed E-state index contributed by atoms with van der Waals surface area (Å²) in [7, 11) is -3.24. The van der Waals surface area contributed by atoms with Gasteiger partial charge in [-0.1, -0.05) is 6.92 Å². The van der Waals surface area contributed by atoms with Gasteiger partial charge in [0.15, 0.2) is 0 Å². The second kappa shape index (κ2) is 5.22. The zero-order valence-electron chi connectivity index (χ0n) is 10.5. The highest BCUT2D eigenvalue weighted by Gasteiger charge is 2.36. The zero-order chi connectivity index (χ0) is 13.1. The van der Waals surface area contributed by atoms with Gasteiger partial charge in [0, 0.05) is 6.54 Å². The molecule has 1 heterocycles. The van der Waals surface area contributed by atoms with Crippen molar-refractivity contribution >= 4 is 16.1 Å². The molecule has 7 heteroatoms. The predicted octanol–water partition coefficient (Wildman–Crippen LogP) is 0.547. The molecule has 6 nitrogen and oxygen atoms in total. The van der Waals surface area contributed by atoms with Gasteiger partial charge >= 0.3 is 6.09 Å². The Morgan fingerprint density at radius 2 is 2.12 bits per heavy atom. The molecule has 0 saturated carbocycles. The third-order valence-corrected chi connectivity index (χ3v) is 4.22. The third-order valence-electron chi connectivity index (χ3n) is 2.69. The van der Waals surface area contributed by atoms with Crippen molar-refractivity contribution in [3.05, 3.63) is 0 Å². The van der Waals surface area contributed by atoms with E-state index in [0.717, 1.165) is 0 Å². The standard InChI is InChI=1S/C10H20N2O4S/c1-4-7-17(14,15)11-8-10(2,3)12-5-6-16-9(12)13/h11H,4-8H2,1-3H3. The zero-order valence-corrected chi connectivity index (χ0v) is 11.3. The Morgan fingerprint density at radius 1 is 1.47 bits per heavy atom. The van der Waals surface area contributed by atoms with Crippen molar-refractivity contribution in [3.8, 4) is 0 Å². The maximum atomic E-state index is 11.5. The molecule has 0 atom stereocenters. The summed E-state index contributed by atoms with van der Waals surface area (Å²) in [5, 5.41) is 0. The van der Waals surface area contributed by atoms with Gasteiger partial charge in [-0.25, -0.2) is 17.9 Å². The molecule has 0 aliphatic carbocycles. The average Bonchev–Trinajstić information content (AvgIpc) is 2.63. The van der Waals surface area contributed by atoms with E-state index in [4.69, 9.17) is 4.74 Å². The molecule has 0 aromatic heterocycles. The van der Waals surface area contributed by atoms with E-state index < -0.39 is 15.6 Å². The fourth-order valence-corrected chi connectivity index (χ4v) is 2.92. The molecule has 100 valence electrons. The first-order chi connectivity index (χ1) is 7.78. The Labute approximate surface area is 102 Å². The molecular formula is C10H20N2O4S. The monoisotopic (exact) mass is 264 g/mol. The predicted molar refractivity (Wildman–Crippen MR) is 64.2 cm³/mol. The van der Waals surface area contributed by atoms with Crippen LogP contribution in [0.5, 0.6) is 0 Å². The number of carbonyl (C=O) groups excluding carboxylic acids is 1. The number of rotatable bonds is 6. The van der Waals surface area contributed by atoms with E-state index in [2.05, 4.69) is 4.72 Å². The summed E-state index contributed by atoms with van der Waals surface area (Å²) in [6, 6.07) is 0. The summed E-state index contributed by atoms with van der Waals surface area (Å²) in [4.78, 5) is 12.9. The topological polar surface area (TPSA) is 75.7 Å². The van der Waals surface area contributed by atoms with E-state index in [0.29, 0.717) is 19.6 Å². The minimum atomic E-state index is -3.24. The lowest BCUT2D eigenvalue weighted by Gasteiger charge is -2.33. The van der Waals surface area contributed by atoms with Crippen molar-refractivity contribution in [3.63, 3.8) is 0 Å². The van der Waals surface area contributed by atoms with E-state index in [1.54, 1.807) is 4.90 Å². The second-order valence-electron chi connectivity index (χ2n) is 4.72. The Morgan fingerprint density at radius 3 is 2.59 bits per heavy atom. The fourth-order valence-electron chi connectivity index (χ4n) is 1.67. The van der Waals surface area contributed by atoms with Crippen LogP contribution in [0.1, 0.15) is 27.2 Å². The summed E-state index contributed by atoms with van der Waals surface area (Å²) < 4.78 is 30.4. The lowest BCUT2D eigenvalue weighted by Crippen LogP contribution is -2.52. The summed E-state index contributed by atoms with van der Waals surface area (Å²) in [6.07, 6.45) is 0.186. The average molecular weight is 264 g/mol. The SMILES string of the molecule is CCCS(=O)(=O)NCC(C)(C)N1CCOC1=O. The van der Waals surface area contributed by atoms with Crippen LogP contribution in [0.15, 0.2) is 0 Å². The molecule has 1 aliphatic rings. The molecule has 0 radical (unpaired) electrons. The summed E-state index contributed by atoms with van der Waals surface area (Å²) in [5.41, 5.74) is -0.575. The number of amides is 1. The van der Waals surface area contributed by atoms with Crippen molar-refractivity contribution in [2.24, 2.45) is 0 Å². The minimum absolute atomic E-state index is 0.105. The number of hydrogen-bond acceptors (Lipinski definition) is 4. The van der Waals surface area contributed by atoms with Crippen LogP contribution in [0.2, 0.25) is 0 Å². The molecule has 0 spiro atoms. The van der Waals surface area contributed by atoms with Gasteiger partial charge in [0.2, 0.25) is 10.0 Å². The van der Waals surface area contributed by atoms with Gasteiger partial charge in [-0.05, 0) is 20.3 Å². The fraction of sp³-hybridized carbons (Fsp3) is 0.900. The number of nitrogens with zero attached hydrogens (tertiary/aromatic N) is 1. The second-order valence-corrected chi connectivity index (χ2v) is 6.64. The largest absolute Gasteiger partial charge is 0.448 e. The summed E-state index contributed by atoms with van der Waals surface area (Å²) in [5.74, 6) is 0.105. The van der Waals surface area contributed by atoms with Gasteiger partial charge in [-0.2, -0.15) is 0 Å². The van der Waals surface area contributed by atoms with Crippen LogP contribution >= 0.6 is 0 Å². The molecule has 0 unspecified atom stereocenters. The van der Waals surface area contributed by atoms with Gasteiger partial charge < -0.3 is 4.74 Å². The number of ether oxygens (including phenoxy) is 1. The highest BCUT2D eigenvalue weighted by Crippen LogP contribution is 2.18. The van der Waals surface area contributed by atoms with Gasteiger partial charge in [-0.15, -0.1) is 0 Å². The Hall–Kier alpha value is -0.820. The number of sulfonamides is 1. The molecule has 1 fully saturated rings. The quantitative estimate of drug-likeness (QED) is 0.760. The first-order valence-electron chi connectivity index (χ1n) is 5.70. The van der Waals surface area contributed by atoms with E-state index in [1.165, 1.54) is 0 Å². The summed E-state index contributed by atoms with van der Waals surface area (Å²) in [6.45, 7) is 6.50. The number of cyclic esters (lactones) is 1. The van der Waals surface area contributed by atoms with Gasteiger partial charge in [0.1, 0.15) is 6.61 Å². The van der Waals surface area contributed by atoms with Crippen LogP contribution in [0.25, 0.3) is 0 Å². The van der Waals surface area contributed by atoms with Gasteiger partial charge in [0.05, 0.1) is 17.8 Å². The van der Waals surface area contributed by atoms with Crippen molar-refractivity contribution in [2.45, 2.75) is 32.7 Å². The first-order valence-corrected chi connectivity index (χ1v) is 7.35. The summed E-state index contributed by atoms with van der Waals surface area (Å²) >= 11 is 0. The Balaban J connectivity index is 2.58. The van der Waals surface area contributed by atoms with E-state index in [-0.39, 0.29) is 18.4 Å². The van der Waals surface area contributed by atoms with Crippen LogP contribution in [-0.4, -0.2) is 50.4 Å². The molecule has 1 N–H and O–H groups in total. The van der Waals surface area contributed by atoms with Crippen molar-refractivity contribution in [1.29, 1.82) is 0 Å². The number of hydrogen-bond donors (Lipinski definition) is 1. The van der Waals surface area contributed by atoms with Gasteiger partial charge in [0.25, 0.3) is 0 Å². The molecule has 1 rings (SSSR count). The highest BCUT2D eigenvalue weighted by molar-refractivity contribution is 7.89. The van der Waals surface area contributed by atoms with Gasteiger partial charge in [-0.3, -0.25) is 4.90 Å². The molecule has 17 heavy (non-hydrogen) atoms. The molecule has 0 aromatic carbocycles. The van der Waals surface area contributed by atoms with Crippen LogP contribution in [0.4, 0.5) is 4.79 Å². The number of nitrogens with one attached hydrogen (secondary N) is 1. The van der Waals surface area contributed by atoms with E-state index in [9.17, 15) is 13.2 Å². The molecule has 1 aliphatic heterocycles. The highest BCUT2D eigenvalue weighted by atomic mass is 32.2. The van der Waals surface area contributed by atoms with Crippen LogP contribution in [0.3, 0.4) is 0 Å². The molecular weight excluding hydrogens is 244 g/mol. The minimum Gasteiger partial charge on any atom is -0.448 e. The van der Waals surface area contributed by atoms with E-state index >= 15 is 0 Å². The molecule has 1 saturated heterocycles. The van der Waals surface area contributed by atoms with Crippen molar-refractivity contribution in [1.82, 2.24) is 9.62 Å². The van der Waals surface area contributed by atoms with Crippen LogP contribution in [0, 0.1) is 0 Å². The molecule has 1 amide bonds. The number of carbonyl (C=O) groups is 1. The van der Waals surface area contributed by atoms with Crippen molar-refractivity contribution < 1.29 is 17.9 Å². The van der Waals surface area contributed by atoms with E-state index in [1.807, 2.05) is 20.8 Å². The lowest BCUT2D eigenvalue weighted by molar-refractivity contribution is 0.127. The third kappa shape index (κ3) is 3.85.